The maximum absolute atomic E-state index is 13.1. The van der Waals surface area contributed by atoms with Gasteiger partial charge in [-0.15, -0.1) is 0 Å². The molecule has 0 atom stereocenters. The summed E-state index contributed by atoms with van der Waals surface area (Å²) in [6.45, 7) is 5.04. The molecule has 8 heteroatoms. The highest BCUT2D eigenvalue weighted by molar-refractivity contribution is 5.85. The minimum atomic E-state index is -2.83. The third-order valence-electron chi connectivity index (χ3n) is 2.50. The summed E-state index contributed by atoms with van der Waals surface area (Å²) >= 11 is 0. The van der Waals surface area contributed by atoms with E-state index in [2.05, 4.69) is 15.4 Å². The van der Waals surface area contributed by atoms with Crippen molar-refractivity contribution in [2.24, 2.45) is 0 Å². The summed E-state index contributed by atoms with van der Waals surface area (Å²) in [4.78, 5) is 15.6. The number of nitrogens with one attached hydrogen (secondary N) is 1. The maximum atomic E-state index is 13.1. The van der Waals surface area contributed by atoms with E-state index in [0.717, 1.165) is 0 Å². The number of amides is 1. The summed E-state index contributed by atoms with van der Waals surface area (Å²) < 4.78 is 32.4. The molecular weight excluding hydrogens is 294 g/mol. The first kappa shape index (κ1) is 15.9. The number of anilines is 1. The van der Waals surface area contributed by atoms with Gasteiger partial charge in [0.15, 0.2) is 5.69 Å². The summed E-state index contributed by atoms with van der Waals surface area (Å²) in [5, 5.41) is 6.08. The van der Waals surface area contributed by atoms with E-state index in [1.165, 1.54) is 17.1 Å². The van der Waals surface area contributed by atoms with Gasteiger partial charge in [0, 0.05) is 6.20 Å². The average Bonchev–Trinajstić information content (AvgIpc) is 2.81. The Morgan fingerprint density at radius 3 is 2.68 bits per heavy atom. The van der Waals surface area contributed by atoms with Crippen LogP contribution in [0, 0.1) is 0 Å². The van der Waals surface area contributed by atoms with Crippen LogP contribution in [0.4, 0.5) is 19.3 Å². The van der Waals surface area contributed by atoms with Crippen molar-refractivity contribution in [2.75, 3.05) is 5.32 Å². The van der Waals surface area contributed by atoms with E-state index in [9.17, 15) is 13.6 Å². The molecular formula is C14H16F2N4O2. The van der Waals surface area contributed by atoms with E-state index in [0.29, 0.717) is 5.69 Å². The number of nitrogens with zero attached hydrogens (tertiary/aromatic N) is 3. The van der Waals surface area contributed by atoms with Crippen LogP contribution in [0.2, 0.25) is 0 Å². The number of carbonyl (C=O) groups is 1. The van der Waals surface area contributed by atoms with Gasteiger partial charge >= 0.3 is 6.09 Å². The number of hydrogen-bond donors (Lipinski definition) is 1. The lowest BCUT2D eigenvalue weighted by Crippen LogP contribution is -2.27. The highest BCUT2D eigenvalue weighted by atomic mass is 19.3. The van der Waals surface area contributed by atoms with Crippen molar-refractivity contribution in [3.63, 3.8) is 0 Å². The Balaban J connectivity index is 2.27. The van der Waals surface area contributed by atoms with Gasteiger partial charge in [0.25, 0.3) is 6.43 Å². The van der Waals surface area contributed by atoms with Crippen LogP contribution in [-0.2, 0) is 4.74 Å². The molecule has 2 aromatic rings. The summed E-state index contributed by atoms with van der Waals surface area (Å²) in [6.07, 6.45) is 0.672. The molecule has 6 nitrogen and oxygen atoms in total. The van der Waals surface area contributed by atoms with Crippen molar-refractivity contribution < 1.29 is 18.3 Å². The summed E-state index contributed by atoms with van der Waals surface area (Å²) in [6, 6.07) is 3.31. The minimum absolute atomic E-state index is 0.104. The molecule has 0 aliphatic rings. The second-order valence-electron chi connectivity index (χ2n) is 5.51. The lowest BCUT2D eigenvalue weighted by Gasteiger charge is -2.19. The molecule has 0 unspecified atom stereocenters. The normalized spacial score (nSPS) is 11.5. The summed E-state index contributed by atoms with van der Waals surface area (Å²) in [7, 11) is 0. The second-order valence-corrected chi connectivity index (χ2v) is 5.51. The molecule has 118 valence electrons. The third kappa shape index (κ3) is 4.00. The van der Waals surface area contributed by atoms with Crippen molar-refractivity contribution in [1.29, 1.82) is 0 Å². The summed E-state index contributed by atoms with van der Waals surface area (Å²) in [5.41, 5.74) is -0.863. The number of hydrogen-bond acceptors (Lipinski definition) is 4. The van der Waals surface area contributed by atoms with Crippen LogP contribution in [0.5, 0.6) is 0 Å². The van der Waals surface area contributed by atoms with Crippen molar-refractivity contribution in [3.05, 3.63) is 36.4 Å². The Morgan fingerprint density at radius 1 is 1.41 bits per heavy atom. The first-order valence-corrected chi connectivity index (χ1v) is 6.54. The molecule has 0 spiro atoms. The maximum Gasteiger partial charge on any atom is 0.412 e. The SMILES string of the molecule is CC(C)(C)OC(=O)Nc1cn(-c2cccnc2)nc1C(F)F. The molecule has 0 aliphatic carbocycles. The Morgan fingerprint density at radius 2 is 2.14 bits per heavy atom. The van der Waals surface area contributed by atoms with Crippen LogP contribution in [-0.4, -0.2) is 26.5 Å². The molecule has 2 aromatic heterocycles. The quantitative estimate of drug-likeness (QED) is 0.941. The molecule has 0 aromatic carbocycles. The van der Waals surface area contributed by atoms with Gasteiger partial charge < -0.3 is 4.74 Å². The van der Waals surface area contributed by atoms with Crippen molar-refractivity contribution in [2.45, 2.75) is 32.8 Å². The van der Waals surface area contributed by atoms with Gasteiger partial charge in [0.05, 0.1) is 23.8 Å². The zero-order valence-corrected chi connectivity index (χ0v) is 12.4. The molecule has 2 heterocycles. The zero-order chi connectivity index (χ0) is 16.3. The van der Waals surface area contributed by atoms with Crippen molar-refractivity contribution in [1.82, 2.24) is 14.8 Å². The Labute approximate surface area is 126 Å². The number of pyridine rings is 1. The van der Waals surface area contributed by atoms with E-state index in [1.54, 1.807) is 39.1 Å². The van der Waals surface area contributed by atoms with Gasteiger partial charge in [-0.2, -0.15) is 5.10 Å². The van der Waals surface area contributed by atoms with Crippen LogP contribution in [0.25, 0.3) is 5.69 Å². The molecule has 22 heavy (non-hydrogen) atoms. The van der Waals surface area contributed by atoms with Crippen molar-refractivity contribution >= 4 is 11.8 Å². The largest absolute Gasteiger partial charge is 0.444 e. The predicted octanol–water partition coefficient (Wildman–Crippen LogP) is 3.55. The molecule has 0 bridgehead atoms. The van der Waals surface area contributed by atoms with Gasteiger partial charge in [-0.05, 0) is 32.9 Å². The first-order chi connectivity index (χ1) is 10.3. The number of halogens is 2. The first-order valence-electron chi connectivity index (χ1n) is 6.54. The van der Waals surface area contributed by atoms with E-state index in [1.807, 2.05) is 0 Å². The number of rotatable bonds is 3. The van der Waals surface area contributed by atoms with Gasteiger partial charge in [-0.25, -0.2) is 18.3 Å². The fourth-order valence-corrected chi connectivity index (χ4v) is 1.68. The van der Waals surface area contributed by atoms with Crippen LogP contribution in [0.1, 0.15) is 32.9 Å². The topological polar surface area (TPSA) is 69.0 Å². The monoisotopic (exact) mass is 310 g/mol. The molecule has 0 saturated heterocycles. The molecule has 1 amide bonds. The molecule has 0 radical (unpaired) electrons. The Kier molecular flexibility index (Phi) is 4.39. The van der Waals surface area contributed by atoms with Crippen LogP contribution in [0.3, 0.4) is 0 Å². The number of aromatic nitrogens is 3. The third-order valence-corrected chi connectivity index (χ3v) is 2.50. The van der Waals surface area contributed by atoms with E-state index < -0.39 is 23.8 Å². The Bertz CT molecular complexity index is 651. The average molecular weight is 310 g/mol. The molecule has 1 N–H and O–H groups in total. The fraction of sp³-hybridized carbons (Fsp3) is 0.357. The molecule has 0 aliphatic heterocycles. The van der Waals surface area contributed by atoms with Gasteiger partial charge in [-0.3, -0.25) is 10.3 Å². The fourth-order valence-electron chi connectivity index (χ4n) is 1.68. The predicted molar refractivity (Wildman–Crippen MR) is 76.2 cm³/mol. The van der Waals surface area contributed by atoms with Gasteiger partial charge in [0.2, 0.25) is 0 Å². The second kappa shape index (κ2) is 6.08. The lowest BCUT2D eigenvalue weighted by atomic mass is 10.2. The van der Waals surface area contributed by atoms with Gasteiger partial charge in [0.1, 0.15) is 5.60 Å². The molecule has 0 fully saturated rings. The molecule has 0 saturated carbocycles. The minimum Gasteiger partial charge on any atom is -0.444 e. The van der Waals surface area contributed by atoms with E-state index >= 15 is 0 Å². The highest BCUT2D eigenvalue weighted by Gasteiger charge is 2.23. The standard InChI is InChI=1S/C14H16F2N4O2/c1-14(2,3)22-13(21)18-10-8-20(19-11(10)12(15)16)9-5-4-6-17-7-9/h4-8,12H,1-3H3,(H,18,21). The van der Waals surface area contributed by atoms with Gasteiger partial charge in [-0.1, -0.05) is 0 Å². The molecule has 2 rings (SSSR count). The van der Waals surface area contributed by atoms with E-state index in [-0.39, 0.29) is 5.69 Å². The summed E-state index contributed by atoms with van der Waals surface area (Å²) in [5.74, 6) is 0. The number of alkyl halides is 2. The zero-order valence-electron chi connectivity index (χ0n) is 12.4. The lowest BCUT2D eigenvalue weighted by molar-refractivity contribution is 0.0635. The van der Waals surface area contributed by atoms with Crippen LogP contribution < -0.4 is 5.32 Å². The highest BCUT2D eigenvalue weighted by Crippen LogP contribution is 2.27. The van der Waals surface area contributed by atoms with Crippen LogP contribution in [0.15, 0.2) is 30.7 Å². The van der Waals surface area contributed by atoms with Crippen molar-refractivity contribution in [3.8, 4) is 5.69 Å². The number of carbonyl (C=O) groups excluding carboxylic acids is 1. The van der Waals surface area contributed by atoms with Crippen LogP contribution >= 0.6 is 0 Å². The number of ether oxygens (including phenoxy) is 1. The smallest absolute Gasteiger partial charge is 0.412 e. The Hall–Kier alpha value is -2.51. The van der Waals surface area contributed by atoms with E-state index in [4.69, 9.17) is 4.74 Å².